The molecule has 3 aromatic rings. The van der Waals surface area contributed by atoms with Crippen molar-refractivity contribution in [2.45, 2.75) is 96.9 Å². The molecule has 2 fully saturated rings. The summed E-state index contributed by atoms with van der Waals surface area (Å²) in [6.45, 7) is 10.3. The predicted molar refractivity (Wildman–Crippen MR) is 189 cm³/mol. The number of carbonyl (C=O) groups excluding carboxylic acids is 4. The molecule has 0 unspecified atom stereocenters. The Hall–Kier alpha value is -5.11. The number of benzene rings is 1. The normalized spacial score (nSPS) is 16.3. The number of nitrogens with zero attached hydrogens (tertiary/aromatic N) is 5. The number of carboxylic acids is 1. The van der Waals surface area contributed by atoms with E-state index in [9.17, 15) is 27.6 Å². The van der Waals surface area contributed by atoms with E-state index in [4.69, 9.17) is 47.2 Å². The number of rotatable bonds is 10. The summed E-state index contributed by atoms with van der Waals surface area (Å²) in [6.07, 6.45) is -2.39. The summed E-state index contributed by atoms with van der Waals surface area (Å²) in [5.41, 5.74) is 12.6. The van der Waals surface area contributed by atoms with E-state index < -0.39 is 23.7 Å². The molecule has 2 aromatic heterocycles. The molecule has 21 heteroatoms. The maximum Gasteiger partial charge on any atom is 0.430 e. The summed E-state index contributed by atoms with van der Waals surface area (Å²) >= 11 is 6.01. The number of ether oxygens (including phenoxy) is 3. The Morgan fingerprint density at radius 3 is 2.35 bits per heavy atom. The van der Waals surface area contributed by atoms with Crippen molar-refractivity contribution < 1.29 is 56.2 Å². The average Bonchev–Trinajstić information content (AvgIpc) is 3.73. The van der Waals surface area contributed by atoms with Gasteiger partial charge in [0.1, 0.15) is 24.7 Å². The predicted octanol–water partition coefficient (Wildman–Crippen LogP) is 1.86. The van der Waals surface area contributed by atoms with Crippen LogP contribution < -0.4 is 36.5 Å². The zero-order chi connectivity index (χ0) is 40.7. The molecule has 1 aromatic carbocycles. The van der Waals surface area contributed by atoms with Gasteiger partial charge < -0.3 is 51.1 Å². The summed E-state index contributed by atoms with van der Waals surface area (Å²) in [7, 11) is 0. The molecule has 302 valence electrons. The smallest absolute Gasteiger partial charge is 0.430 e. The third-order valence-corrected chi connectivity index (χ3v) is 8.80. The number of carboxylic acid groups (broad SMARTS) is 1. The summed E-state index contributed by atoms with van der Waals surface area (Å²) in [5, 5.41) is 14.6. The van der Waals surface area contributed by atoms with Crippen molar-refractivity contribution in [3.8, 4) is 5.75 Å². The quantitative estimate of drug-likeness (QED) is 0.215. The fourth-order valence-electron chi connectivity index (χ4n) is 6.05. The number of piperidine rings is 1. The first-order valence-electron chi connectivity index (χ1n) is 17.5. The fraction of sp³-hybridized carbons (Fsp3) is 0.559. The van der Waals surface area contributed by atoms with Gasteiger partial charge in [0.05, 0.1) is 12.6 Å². The van der Waals surface area contributed by atoms with Crippen LogP contribution >= 0.6 is 11.6 Å². The van der Waals surface area contributed by atoms with Gasteiger partial charge in [0.15, 0.2) is 40.4 Å². The van der Waals surface area contributed by atoms with Gasteiger partial charge in [-0.25, -0.2) is 23.9 Å². The van der Waals surface area contributed by atoms with Crippen LogP contribution in [0.15, 0.2) is 18.2 Å². The number of fused-ring (bicyclic) bond motifs is 1. The third-order valence-electron chi connectivity index (χ3n) is 8.52. The molecule has 6 N–H and O–H groups in total. The Kier molecular flexibility index (Phi) is 14.0. The van der Waals surface area contributed by atoms with Crippen LogP contribution in [0.25, 0.3) is 11.0 Å². The molecule has 5 rings (SSSR count). The first-order valence-corrected chi connectivity index (χ1v) is 17.9. The fourth-order valence-corrected chi connectivity index (χ4v) is 6.18. The molecule has 2 aliphatic rings. The molecule has 2 aliphatic heterocycles. The maximum atomic E-state index is 13.2. The SMILES string of the molecule is CC[n+]1c(CNC(=O)c2nc(Cl)c(N)nc2N)n(C[C@@H]2CCCO2)c2cccc(OCC(=O)NC3CCN(C(=O)OC(C)(C)C)CC3)c21.O=C([O-])C(F)(F)F. The highest BCUT2D eigenvalue weighted by Gasteiger charge is 2.32. The lowest BCUT2D eigenvalue weighted by Crippen LogP contribution is -2.48. The number of halogens is 4. The van der Waals surface area contributed by atoms with Crippen LogP contribution in [0.1, 0.15) is 69.7 Å². The lowest BCUT2D eigenvalue weighted by molar-refractivity contribution is -0.676. The molecule has 0 aliphatic carbocycles. The zero-order valence-electron chi connectivity index (χ0n) is 30.8. The van der Waals surface area contributed by atoms with Gasteiger partial charge in [-0.05, 0) is 65.5 Å². The van der Waals surface area contributed by atoms with Crippen molar-refractivity contribution in [1.82, 2.24) is 30.1 Å². The Labute approximate surface area is 319 Å². The van der Waals surface area contributed by atoms with Crippen LogP contribution in [0.5, 0.6) is 5.75 Å². The molecule has 4 heterocycles. The standard InChI is InChI=1S/C32H44ClN9O6.C2HF3O2/c1-5-41-24(16-36-30(44)25-28(34)39-29(35)27(33)38-25)42(17-20-8-7-15-46-20)21-9-6-10-22(26(21)41)47-18-23(43)37-19-11-13-40(14-12-19)31(45)48-32(2,3)4;3-2(4,5)1(6)7/h6,9-10,19-20H,5,7-8,11-18H2,1-4H3,(H5-,34,35,36,37,39,43,44);(H,6,7)/t20-;/m0./s1. The highest BCUT2D eigenvalue weighted by Crippen LogP contribution is 2.27. The third kappa shape index (κ3) is 11.5. The van der Waals surface area contributed by atoms with Crippen molar-refractivity contribution in [2.24, 2.45) is 0 Å². The van der Waals surface area contributed by atoms with E-state index in [1.165, 1.54) is 0 Å². The van der Waals surface area contributed by atoms with Crippen LogP contribution in [0.2, 0.25) is 5.15 Å². The number of imidazole rings is 1. The number of aliphatic carboxylic acids is 1. The van der Waals surface area contributed by atoms with Gasteiger partial charge in [-0.15, -0.1) is 0 Å². The Bertz CT molecular complexity index is 1870. The van der Waals surface area contributed by atoms with Crippen LogP contribution in [-0.2, 0) is 38.7 Å². The number of likely N-dealkylation sites (tertiary alicyclic amines) is 1. The molecular formula is C34H45ClF3N9O8. The number of amides is 3. The zero-order valence-corrected chi connectivity index (χ0v) is 31.6. The van der Waals surface area contributed by atoms with Crippen molar-refractivity contribution in [2.75, 3.05) is 37.8 Å². The van der Waals surface area contributed by atoms with E-state index in [0.717, 1.165) is 29.7 Å². The van der Waals surface area contributed by atoms with Crippen molar-refractivity contribution in [3.05, 3.63) is 34.9 Å². The van der Waals surface area contributed by atoms with E-state index in [1.807, 2.05) is 45.9 Å². The molecule has 17 nitrogen and oxygen atoms in total. The molecular weight excluding hydrogens is 755 g/mol. The van der Waals surface area contributed by atoms with Crippen LogP contribution in [0.4, 0.5) is 29.6 Å². The maximum absolute atomic E-state index is 13.2. The number of para-hydroxylation sites is 1. The molecule has 0 bridgehead atoms. The molecule has 1 atom stereocenters. The number of hydrogen-bond acceptors (Lipinski definition) is 12. The highest BCUT2D eigenvalue weighted by atomic mass is 35.5. The second kappa shape index (κ2) is 18.0. The van der Waals surface area contributed by atoms with Gasteiger partial charge in [0, 0.05) is 25.7 Å². The van der Waals surface area contributed by atoms with Gasteiger partial charge in [0.2, 0.25) is 5.52 Å². The summed E-state index contributed by atoms with van der Waals surface area (Å²) in [6, 6.07) is 5.61. The summed E-state index contributed by atoms with van der Waals surface area (Å²) in [4.78, 5) is 57.0. The first kappa shape index (κ1) is 42.6. The van der Waals surface area contributed by atoms with Crippen molar-refractivity contribution >= 4 is 58.1 Å². The second-order valence-corrected chi connectivity index (χ2v) is 14.1. The highest BCUT2D eigenvalue weighted by molar-refractivity contribution is 6.31. The Balaban J connectivity index is 0.000000876. The lowest BCUT2D eigenvalue weighted by Gasteiger charge is -2.33. The van der Waals surface area contributed by atoms with Crippen molar-refractivity contribution in [1.29, 1.82) is 0 Å². The van der Waals surface area contributed by atoms with E-state index in [0.29, 0.717) is 51.4 Å². The van der Waals surface area contributed by atoms with E-state index in [2.05, 4.69) is 29.7 Å². The Morgan fingerprint density at radius 2 is 1.76 bits per heavy atom. The number of nitrogens with one attached hydrogen (secondary N) is 2. The summed E-state index contributed by atoms with van der Waals surface area (Å²) in [5.74, 6) is -2.67. The van der Waals surface area contributed by atoms with E-state index >= 15 is 0 Å². The van der Waals surface area contributed by atoms with Crippen LogP contribution in [-0.4, -0.2) is 93.5 Å². The van der Waals surface area contributed by atoms with Gasteiger partial charge in [-0.2, -0.15) is 13.2 Å². The largest absolute Gasteiger partial charge is 0.542 e. The number of nitrogen functional groups attached to an aromatic ring is 2. The van der Waals surface area contributed by atoms with Crippen LogP contribution in [0, 0.1) is 0 Å². The van der Waals surface area contributed by atoms with Gasteiger partial charge in [-0.3, -0.25) is 9.59 Å². The van der Waals surface area contributed by atoms with Crippen LogP contribution in [0.3, 0.4) is 0 Å². The minimum Gasteiger partial charge on any atom is -0.542 e. The minimum atomic E-state index is -5.19. The first-order chi connectivity index (χ1) is 25.8. The van der Waals surface area contributed by atoms with Gasteiger partial charge >= 0.3 is 12.3 Å². The number of anilines is 2. The minimum absolute atomic E-state index is 0.00913. The number of alkyl halides is 3. The second-order valence-electron chi connectivity index (χ2n) is 13.7. The van der Waals surface area contributed by atoms with Gasteiger partial charge in [-0.1, -0.05) is 17.7 Å². The molecule has 2 saturated heterocycles. The monoisotopic (exact) mass is 799 g/mol. The topological polar surface area (TPSA) is 233 Å². The lowest BCUT2D eigenvalue weighted by atomic mass is 10.1. The molecule has 3 amide bonds. The average molecular weight is 800 g/mol. The van der Waals surface area contributed by atoms with E-state index in [1.54, 1.807) is 4.90 Å². The number of aromatic nitrogens is 4. The summed E-state index contributed by atoms with van der Waals surface area (Å²) < 4.78 is 53.3. The molecule has 0 radical (unpaired) electrons. The van der Waals surface area contributed by atoms with Crippen molar-refractivity contribution in [3.63, 3.8) is 0 Å². The number of aryl methyl sites for hydroxylation is 1. The number of carbonyl (C=O) groups is 4. The van der Waals surface area contributed by atoms with E-state index in [-0.39, 0.29) is 59.8 Å². The Morgan fingerprint density at radius 1 is 1.09 bits per heavy atom. The molecule has 0 saturated carbocycles. The molecule has 0 spiro atoms. The number of hydrogen-bond donors (Lipinski definition) is 4. The number of nitrogens with two attached hydrogens (primary N) is 2. The van der Waals surface area contributed by atoms with Gasteiger partial charge in [0.25, 0.3) is 17.6 Å². The molecule has 55 heavy (non-hydrogen) atoms.